The predicted molar refractivity (Wildman–Crippen MR) is 100.0 cm³/mol. The van der Waals surface area contributed by atoms with Gasteiger partial charge in [0, 0.05) is 31.7 Å². The molecule has 0 spiro atoms. The Morgan fingerprint density at radius 2 is 2.18 bits per heavy atom. The van der Waals surface area contributed by atoms with Crippen LogP contribution < -0.4 is 16.0 Å². The van der Waals surface area contributed by atoms with Crippen LogP contribution in [0.5, 0.6) is 0 Å². The van der Waals surface area contributed by atoms with Crippen molar-refractivity contribution < 1.29 is 9.21 Å². The highest BCUT2D eigenvalue weighted by molar-refractivity contribution is 14.0. The zero-order valence-electron chi connectivity index (χ0n) is 13.1. The van der Waals surface area contributed by atoms with E-state index in [1.54, 1.807) is 12.1 Å². The van der Waals surface area contributed by atoms with Gasteiger partial charge in [-0.25, -0.2) is 0 Å². The van der Waals surface area contributed by atoms with Crippen molar-refractivity contribution >= 4 is 35.8 Å². The van der Waals surface area contributed by atoms with Crippen LogP contribution in [0.1, 0.15) is 29.5 Å². The van der Waals surface area contributed by atoms with E-state index in [1.807, 2.05) is 13.8 Å². The minimum absolute atomic E-state index is 0. The maximum Gasteiger partial charge on any atom is 0.287 e. The van der Waals surface area contributed by atoms with Crippen LogP contribution in [-0.4, -0.2) is 38.0 Å². The van der Waals surface area contributed by atoms with Crippen LogP contribution in [0.4, 0.5) is 0 Å². The molecule has 0 radical (unpaired) electrons. The Bertz CT molecular complexity index is 486. The lowest BCUT2D eigenvalue weighted by Gasteiger charge is -2.09. The van der Waals surface area contributed by atoms with Crippen molar-refractivity contribution in [1.29, 1.82) is 0 Å². The normalized spacial score (nSPS) is 10.5. The molecule has 1 rings (SSSR count). The van der Waals surface area contributed by atoms with Crippen LogP contribution in [0.3, 0.4) is 0 Å². The SMILES string of the molecule is C=CCNC(=NCCCNC(=O)c1occc1C)NCC.I. The zero-order chi connectivity index (χ0) is 15.5. The number of hydrogen-bond donors (Lipinski definition) is 3. The molecule has 1 amide bonds. The van der Waals surface area contributed by atoms with Gasteiger partial charge in [0.1, 0.15) is 0 Å². The van der Waals surface area contributed by atoms with E-state index in [2.05, 4.69) is 27.5 Å². The molecule has 7 heteroatoms. The number of hydrogen-bond acceptors (Lipinski definition) is 3. The molecule has 0 saturated heterocycles. The molecule has 0 atom stereocenters. The molecule has 6 nitrogen and oxygen atoms in total. The minimum atomic E-state index is -0.182. The number of furan rings is 1. The Balaban J connectivity index is 0.00000441. The molecule has 1 aromatic rings. The van der Waals surface area contributed by atoms with Gasteiger partial charge in [-0.1, -0.05) is 6.08 Å². The molecular weight excluding hydrogens is 395 g/mol. The van der Waals surface area contributed by atoms with Gasteiger partial charge in [-0.05, 0) is 26.3 Å². The fourth-order valence-corrected chi connectivity index (χ4v) is 1.67. The molecule has 1 heterocycles. The number of aliphatic imine (C=N–C) groups is 1. The summed E-state index contributed by atoms with van der Waals surface area (Å²) in [5.41, 5.74) is 0.841. The third kappa shape index (κ3) is 7.48. The van der Waals surface area contributed by atoms with E-state index >= 15 is 0 Å². The molecule has 1 aromatic heterocycles. The number of aryl methyl sites for hydroxylation is 1. The second kappa shape index (κ2) is 12.1. The van der Waals surface area contributed by atoms with Crippen molar-refractivity contribution in [3.05, 3.63) is 36.3 Å². The topological polar surface area (TPSA) is 78.7 Å². The van der Waals surface area contributed by atoms with E-state index in [1.165, 1.54) is 6.26 Å². The number of carbonyl (C=O) groups is 1. The molecule has 3 N–H and O–H groups in total. The van der Waals surface area contributed by atoms with Gasteiger partial charge < -0.3 is 20.4 Å². The molecule has 0 unspecified atom stereocenters. The average Bonchev–Trinajstić information content (AvgIpc) is 2.90. The lowest BCUT2D eigenvalue weighted by molar-refractivity contribution is 0.0925. The van der Waals surface area contributed by atoms with E-state index in [4.69, 9.17) is 4.42 Å². The summed E-state index contributed by atoms with van der Waals surface area (Å²) < 4.78 is 5.13. The molecule has 0 bridgehead atoms. The molecule has 124 valence electrons. The summed E-state index contributed by atoms with van der Waals surface area (Å²) >= 11 is 0. The summed E-state index contributed by atoms with van der Waals surface area (Å²) in [6.45, 7) is 10.2. The average molecular weight is 420 g/mol. The predicted octanol–water partition coefficient (Wildman–Crippen LogP) is 2.07. The highest BCUT2D eigenvalue weighted by Crippen LogP contribution is 2.07. The van der Waals surface area contributed by atoms with Crippen LogP contribution in [0.2, 0.25) is 0 Å². The lowest BCUT2D eigenvalue weighted by Crippen LogP contribution is -2.37. The van der Waals surface area contributed by atoms with Crippen molar-refractivity contribution in [3.63, 3.8) is 0 Å². The summed E-state index contributed by atoms with van der Waals surface area (Å²) in [5.74, 6) is 0.947. The van der Waals surface area contributed by atoms with Gasteiger partial charge in [0.2, 0.25) is 0 Å². The number of nitrogens with one attached hydrogen (secondary N) is 3. The number of guanidine groups is 1. The largest absolute Gasteiger partial charge is 0.459 e. The first-order chi connectivity index (χ1) is 10.2. The minimum Gasteiger partial charge on any atom is -0.459 e. The smallest absolute Gasteiger partial charge is 0.287 e. The maximum absolute atomic E-state index is 11.8. The molecule has 0 saturated carbocycles. The summed E-state index contributed by atoms with van der Waals surface area (Å²) in [5, 5.41) is 9.07. The first kappa shape index (κ1) is 20.5. The van der Waals surface area contributed by atoms with Crippen molar-refractivity contribution in [2.75, 3.05) is 26.2 Å². The molecule has 0 aromatic carbocycles. The third-order valence-corrected chi connectivity index (χ3v) is 2.72. The van der Waals surface area contributed by atoms with E-state index in [9.17, 15) is 4.79 Å². The Morgan fingerprint density at radius 3 is 2.77 bits per heavy atom. The highest BCUT2D eigenvalue weighted by Gasteiger charge is 2.11. The van der Waals surface area contributed by atoms with Gasteiger partial charge in [0.25, 0.3) is 5.91 Å². The summed E-state index contributed by atoms with van der Waals surface area (Å²) in [7, 11) is 0. The molecule has 0 aliphatic rings. The Morgan fingerprint density at radius 1 is 1.41 bits per heavy atom. The highest BCUT2D eigenvalue weighted by atomic mass is 127. The molecule has 22 heavy (non-hydrogen) atoms. The lowest BCUT2D eigenvalue weighted by atomic mass is 10.2. The Kier molecular flexibility index (Phi) is 11.2. The van der Waals surface area contributed by atoms with Gasteiger partial charge in [-0.3, -0.25) is 9.79 Å². The summed E-state index contributed by atoms with van der Waals surface area (Å²) in [6.07, 6.45) is 4.05. The molecular formula is C15H25IN4O2. The monoisotopic (exact) mass is 420 g/mol. The quantitative estimate of drug-likeness (QED) is 0.198. The van der Waals surface area contributed by atoms with Crippen LogP contribution in [0.25, 0.3) is 0 Å². The van der Waals surface area contributed by atoms with E-state index in [0.717, 1.165) is 24.5 Å². The van der Waals surface area contributed by atoms with E-state index in [-0.39, 0.29) is 29.9 Å². The van der Waals surface area contributed by atoms with Crippen LogP contribution in [0.15, 0.2) is 34.4 Å². The second-order valence-electron chi connectivity index (χ2n) is 4.47. The van der Waals surface area contributed by atoms with E-state index in [0.29, 0.717) is 25.4 Å². The third-order valence-electron chi connectivity index (χ3n) is 2.72. The van der Waals surface area contributed by atoms with Gasteiger partial charge in [0.05, 0.1) is 6.26 Å². The fraction of sp³-hybridized carbons (Fsp3) is 0.467. The van der Waals surface area contributed by atoms with Gasteiger partial charge in [0.15, 0.2) is 11.7 Å². The standard InChI is InChI=1S/C15H24N4O2.HI/c1-4-8-18-15(16-5-2)19-10-6-9-17-14(20)13-12(3)7-11-21-13;/h4,7,11H,1,5-6,8-10H2,2-3H3,(H,17,20)(H2,16,18,19);1H. The Hall–Kier alpha value is -1.51. The van der Waals surface area contributed by atoms with Crippen molar-refractivity contribution in [3.8, 4) is 0 Å². The maximum atomic E-state index is 11.8. The molecule has 0 aliphatic heterocycles. The van der Waals surface area contributed by atoms with Crippen molar-refractivity contribution in [2.24, 2.45) is 4.99 Å². The second-order valence-corrected chi connectivity index (χ2v) is 4.47. The number of nitrogens with zero attached hydrogens (tertiary/aromatic N) is 1. The van der Waals surface area contributed by atoms with Crippen LogP contribution >= 0.6 is 24.0 Å². The molecule has 0 fully saturated rings. The van der Waals surface area contributed by atoms with Gasteiger partial charge in [-0.2, -0.15) is 0 Å². The zero-order valence-corrected chi connectivity index (χ0v) is 15.5. The summed E-state index contributed by atoms with van der Waals surface area (Å²) in [4.78, 5) is 16.2. The fourth-order valence-electron chi connectivity index (χ4n) is 1.67. The van der Waals surface area contributed by atoms with Crippen LogP contribution in [0, 0.1) is 6.92 Å². The van der Waals surface area contributed by atoms with Crippen molar-refractivity contribution in [2.45, 2.75) is 20.3 Å². The summed E-state index contributed by atoms with van der Waals surface area (Å²) in [6, 6.07) is 1.77. The first-order valence-electron chi connectivity index (χ1n) is 7.14. The van der Waals surface area contributed by atoms with E-state index < -0.39 is 0 Å². The van der Waals surface area contributed by atoms with Crippen molar-refractivity contribution in [1.82, 2.24) is 16.0 Å². The number of halogens is 1. The Labute approximate surface area is 148 Å². The first-order valence-corrected chi connectivity index (χ1v) is 7.14. The number of carbonyl (C=O) groups excluding carboxylic acids is 1. The molecule has 0 aliphatic carbocycles. The number of amides is 1. The number of rotatable bonds is 8. The van der Waals surface area contributed by atoms with Gasteiger partial charge in [-0.15, -0.1) is 30.6 Å². The van der Waals surface area contributed by atoms with Crippen LogP contribution in [-0.2, 0) is 0 Å². The van der Waals surface area contributed by atoms with Gasteiger partial charge >= 0.3 is 0 Å².